The minimum atomic E-state index is -1.12. The van der Waals surface area contributed by atoms with E-state index in [4.69, 9.17) is 28.9 Å². The van der Waals surface area contributed by atoms with Crippen LogP contribution in [0, 0.1) is 0 Å². The van der Waals surface area contributed by atoms with Gasteiger partial charge in [-0.1, -0.05) is 11.6 Å². The minimum Gasteiger partial charge on any atom is -0.363 e. The molecule has 0 aliphatic rings. The molecular formula is C6H3Cl2N3O2. The molecule has 5 nitrogen and oxygen atoms in total. The van der Waals surface area contributed by atoms with Crippen molar-refractivity contribution in [2.24, 2.45) is 5.73 Å². The highest BCUT2D eigenvalue weighted by Crippen LogP contribution is 2.10. The highest BCUT2D eigenvalue weighted by molar-refractivity contribution is 6.42. The number of Topliss-reactive ketones (excluding diaryl/α,β-unsaturated/α-hetero) is 1. The van der Waals surface area contributed by atoms with Crippen LogP contribution < -0.4 is 5.73 Å². The molecule has 1 aromatic rings. The summed E-state index contributed by atoms with van der Waals surface area (Å²) >= 11 is 10.8. The van der Waals surface area contributed by atoms with Gasteiger partial charge in [0.2, 0.25) is 5.28 Å². The molecule has 0 bridgehead atoms. The summed E-state index contributed by atoms with van der Waals surface area (Å²) in [4.78, 5) is 28.4. The average molecular weight is 220 g/mol. The summed E-state index contributed by atoms with van der Waals surface area (Å²) in [6, 6.07) is 1.11. The number of hydrogen-bond donors (Lipinski definition) is 1. The molecule has 0 aromatic carbocycles. The molecule has 1 rings (SSSR count). The second-order valence-corrected chi connectivity index (χ2v) is 2.76. The number of primary amides is 1. The lowest BCUT2D eigenvalue weighted by Crippen LogP contribution is -2.24. The van der Waals surface area contributed by atoms with Gasteiger partial charge >= 0.3 is 0 Å². The molecule has 0 fully saturated rings. The van der Waals surface area contributed by atoms with Crippen LogP contribution in [0.25, 0.3) is 0 Å². The standard InChI is InChI=1S/C6H3Cl2N3O2/c7-3-1-2(4(12)5(9)13)10-6(8)11-3/h1H,(H2,9,13). The molecule has 1 amide bonds. The molecule has 7 heteroatoms. The molecule has 0 radical (unpaired) electrons. The van der Waals surface area contributed by atoms with Gasteiger partial charge in [0.25, 0.3) is 11.7 Å². The Balaban J connectivity index is 3.15. The van der Waals surface area contributed by atoms with E-state index in [9.17, 15) is 9.59 Å². The lowest BCUT2D eigenvalue weighted by Gasteiger charge is -1.96. The molecule has 0 spiro atoms. The van der Waals surface area contributed by atoms with Crippen molar-refractivity contribution in [2.45, 2.75) is 0 Å². The fourth-order valence-electron chi connectivity index (χ4n) is 0.632. The summed E-state index contributed by atoms with van der Waals surface area (Å²) in [5.74, 6) is -2.07. The van der Waals surface area contributed by atoms with Crippen LogP contribution in [0.15, 0.2) is 6.07 Å². The second kappa shape index (κ2) is 3.68. The number of amides is 1. The normalized spacial score (nSPS) is 9.69. The molecule has 13 heavy (non-hydrogen) atoms. The third kappa shape index (κ3) is 2.37. The lowest BCUT2D eigenvalue weighted by atomic mass is 10.3. The Kier molecular flexibility index (Phi) is 2.79. The Morgan fingerprint density at radius 2 is 1.92 bits per heavy atom. The topological polar surface area (TPSA) is 85.9 Å². The number of halogens is 2. The van der Waals surface area contributed by atoms with E-state index in [1.54, 1.807) is 0 Å². The van der Waals surface area contributed by atoms with Gasteiger partial charge in [0.1, 0.15) is 10.8 Å². The first-order valence-corrected chi connectivity index (χ1v) is 3.80. The fraction of sp³-hybridized carbons (Fsp3) is 0. The van der Waals surface area contributed by atoms with Crippen LogP contribution in [0.3, 0.4) is 0 Å². The van der Waals surface area contributed by atoms with E-state index in [1.807, 2.05) is 0 Å². The average Bonchev–Trinajstić information content (AvgIpc) is 2.01. The van der Waals surface area contributed by atoms with Gasteiger partial charge in [-0.05, 0) is 11.6 Å². The van der Waals surface area contributed by atoms with E-state index < -0.39 is 11.7 Å². The van der Waals surface area contributed by atoms with E-state index in [-0.39, 0.29) is 16.1 Å². The van der Waals surface area contributed by atoms with Crippen LogP contribution in [-0.2, 0) is 4.79 Å². The first-order valence-electron chi connectivity index (χ1n) is 3.05. The van der Waals surface area contributed by atoms with Gasteiger partial charge < -0.3 is 5.73 Å². The van der Waals surface area contributed by atoms with Crippen LogP contribution in [0.2, 0.25) is 10.4 Å². The number of nitrogens with zero attached hydrogens (tertiary/aromatic N) is 2. The summed E-state index contributed by atoms with van der Waals surface area (Å²) in [5.41, 5.74) is 4.52. The molecule has 1 heterocycles. The molecule has 0 saturated carbocycles. The number of nitrogens with two attached hydrogens (primary N) is 1. The van der Waals surface area contributed by atoms with Crippen LogP contribution in [0.5, 0.6) is 0 Å². The second-order valence-electron chi connectivity index (χ2n) is 2.04. The summed E-state index contributed by atoms with van der Waals surface area (Å²) in [6.45, 7) is 0. The quantitative estimate of drug-likeness (QED) is 0.339. The monoisotopic (exact) mass is 219 g/mol. The van der Waals surface area contributed by atoms with Gasteiger partial charge in [-0.3, -0.25) is 9.59 Å². The third-order valence-corrected chi connectivity index (χ3v) is 1.49. The highest BCUT2D eigenvalue weighted by atomic mass is 35.5. The van der Waals surface area contributed by atoms with Gasteiger partial charge in [0.15, 0.2) is 0 Å². The van der Waals surface area contributed by atoms with E-state index in [1.165, 1.54) is 0 Å². The van der Waals surface area contributed by atoms with Crippen molar-refractivity contribution in [3.63, 3.8) is 0 Å². The van der Waals surface area contributed by atoms with Gasteiger partial charge in [-0.2, -0.15) is 0 Å². The number of carbonyl (C=O) groups excluding carboxylic acids is 2. The predicted molar refractivity (Wildman–Crippen MR) is 45.6 cm³/mol. The maximum atomic E-state index is 11.0. The molecule has 0 unspecified atom stereocenters. The number of ketones is 1. The van der Waals surface area contributed by atoms with Crippen molar-refractivity contribution in [1.82, 2.24) is 9.97 Å². The van der Waals surface area contributed by atoms with E-state index in [0.29, 0.717) is 0 Å². The maximum Gasteiger partial charge on any atom is 0.291 e. The van der Waals surface area contributed by atoms with E-state index in [0.717, 1.165) is 6.07 Å². The molecular weight excluding hydrogens is 217 g/mol. The first-order chi connectivity index (χ1) is 6.00. The van der Waals surface area contributed by atoms with Crippen LogP contribution in [0.1, 0.15) is 10.5 Å². The molecule has 2 N–H and O–H groups in total. The van der Waals surface area contributed by atoms with Crippen molar-refractivity contribution < 1.29 is 9.59 Å². The summed E-state index contributed by atoms with van der Waals surface area (Å²) < 4.78 is 0. The number of hydrogen-bond acceptors (Lipinski definition) is 4. The summed E-state index contributed by atoms with van der Waals surface area (Å²) in [6.07, 6.45) is 0. The predicted octanol–water partition coefficient (Wildman–Crippen LogP) is 0.451. The Bertz CT molecular complexity index is 360. The SMILES string of the molecule is NC(=O)C(=O)c1cc(Cl)nc(Cl)n1. The van der Waals surface area contributed by atoms with Crippen molar-refractivity contribution in [3.8, 4) is 0 Å². The molecule has 0 aliphatic heterocycles. The van der Waals surface area contributed by atoms with Crippen LogP contribution in [-0.4, -0.2) is 21.7 Å². The van der Waals surface area contributed by atoms with Gasteiger partial charge in [-0.25, -0.2) is 9.97 Å². The van der Waals surface area contributed by atoms with Gasteiger partial charge in [0.05, 0.1) is 0 Å². The van der Waals surface area contributed by atoms with E-state index in [2.05, 4.69) is 9.97 Å². The largest absolute Gasteiger partial charge is 0.363 e. The first kappa shape index (κ1) is 9.88. The smallest absolute Gasteiger partial charge is 0.291 e. The fourth-order valence-corrected chi connectivity index (χ4v) is 1.04. The third-order valence-electron chi connectivity index (χ3n) is 1.12. The molecule has 68 valence electrons. The number of aromatic nitrogens is 2. The number of rotatable bonds is 2. The van der Waals surface area contributed by atoms with Crippen LogP contribution in [0.4, 0.5) is 0 Å². The zero-order valence-corrected chi connectivity index (χ0v) is 7.63. The Morgan fingerprint density at radius 1 is 1.31 bits per heavy atom. The number of carbonyl (C=O) groups is 2. The molecule has 0 atom stereocenters. The molecule has 1 aromatic heterocycles. The Morgan fingerprint density at radius 3 is 2.38 bits per heavy atom. The van der Waals surface area contributed by atoms with Crippen LogP contribution >= 0.6 is 23.2 Å². The van der Waals surface area contributed by atoms with Crippen molar-refractivity contribution in [3.05, 3.63) is 22.2 Å². The van der Waals surface area contributed by atoms with Crippen molar-refractivity contribution in [2.75, 3.05) is 0 Å². The zero-order chi connectivity index (χ0) is 10.0. The Labute approximate surface area is 82.9 Å². The van der Waals surface area contributed by atoms with Crippen molar-refractivity contribution in [1.29, 1.82) is 0 Å². The maximum absolute atomic E-state index is 11.0. The highest BCUT2D eigenvalue weighted by Gasteiger charge is 2.15. The zero-order valence-electron chi connectivity index (χ0n) is 6.12. The van der Waals surface area contributed by atoms with Crippen molar-refractivity contribution >= 4 is 34.9 Å². The summed E-state index contributed by atoms with van der Waals surface area (Å²) in [5, 5.41) is -0.235. The molecule has 0 saturated heterocycles. The minimum absolute atomic E-state index is 0.0235. The Hall–Kier alpha value is -1.20. The molecule has 0 aliphatic carbocycles. The van der Waals surface area contributed by atoms with E-state index >= 15 is 0 Å². The van der Waals surface area contributed by atoms with Gasteiger partial charge in [-0.15, -0.1) is 0 Å². The lowest BCUT2D eigenvalue weighted by molar-refractivity contribution is -0.114. The van der Waals surface area contributed by atoms with Gasteiger partial charge in [0, 0.05) is 6.07 Å². The summed E-state index contributed by atoms with van der Waals surface area (Å²) in [7, 11) is 0.